The minimum Gasteiger partial charge on any atom is -0.497 e. The molecule has 3 aromatic rings. The van der Waals surface area contributed by atoms with Crippen molar-refractivity contribution in [1.82, 2.24) is 15.6 Å². The minimum atomic E-state index is 0. The van der Waals surface area contributed by atoms with Crippen molar-refractivity contribution in [1.29, 1.82) is 0 Å². The SMILES string of the molecule is CN=C(NCc1ccc2cc(OC)ccc2c1)NCc1nc(C)c(C)o1.I. The van der Waals surface area contributed by atoms with E-state index in [4.69, 9.17) is 9.15 Å². The second-order valence-electron chi connectivity index (χ2n) is 6.08. The van der Waals surface area contributed by atoms with E-state index in [0.717, 1.165) is 22.6 Å². The molecule has 0 saturated heterocycles. The van der Waals surface area contributed by atoms with Gasteiger partial charge in [-0.25, -0.2) is 4.98 Å². The molecule has 0 fully saturated rings. The fourth-order valence-electron chi connectivity index (χ4n) is 2.69. The molecule has 2 N–H and O–H groups in total. The number of methoxy groups -OCH3 is 1. The number of guanidine groups is 1. The highest BCUT2D eigenvalue weighted by molar-refractivity contribution is 14.0. The van der Waals surface area contributed by atoms with Crippen LogP contribution in [-0.4, -0.2) is 25.1 Å². The Morgan fingerprint density at radius 2 is 1.78 bits per heavy atom. The summed E-state index contributed by atoms with van der Waals surface area (Å²) in [7, 11) is 3.42. The van der Waals surface area contributed by atoms with Gasteiger partial charge in [-0.05, 0) is 48.4 Å². The van der Waals surface area contributed by atoms with Crippen molar-refractivity contribution in [2.24, 2.45) is 4.99 Å². The van der Waals surface area contributed by atoms with Gasteiger partial charge in [0.2, 0.25) is 5.89 Å². The van der Waals surface area contributed by atoms with E-state index in [1.54, 1.807) is 14.2 Å². The van der Waals surface area contributed by atoms with Crippen molar-refractivity contribution >= 4 is 40.7 Å². The molecule has 0 aliphatic rings. The first-order chi connectivity index (χ1) is 12.6. The number of benzene rings is 2. The summed E-state index contributed by atoms with van der Waals surface area (Å²) in [4.78, 5) is 8.60. The van der Waals surface area contributed by atoms with Crippen LogP contribution in [0, 0.1) is 13.8 Å². The van der Waals surface area contributed by atoms with Gasteiger partial charge in [0.05, 0.1) is 19.3 Å². The molecule has 0 bridgehead atoms. The number of nitrogens with zero attached hydrogens (tertiary/aromatic N) is 2. The zero-order valence-electron chi connectivity index (χ0n) is 16.0. The summed E-state index contributed by atoms with van der Waals surface area (Å²) in [5.74, 6) is 3.07. The molecule has 3 rings (SSSR count). The molecule has 144 valence electrons. The Hall–Kier alpha value is -2.29. The van der Waals surface area contributed by atoms with Crippen LogP contribution in [0.2, 0.25) is 0 Å². The second kappa shape index (κ2) is 9.59. The number of hydrogen-bond donors (Lipinski definition) is 2. The van der Waals surface area contributed by atoms with E-state index in [1.807, 2.05) is 26.0 Å². The van der Waals surface area contributed by atoms with Gasteiger partial charge in [-0.15, -0.1) is 24.0 Å². The summed E-state index contributed by atoms with van der Waals surface area (Å²) in [5, 5.41) is 8.86. The molecule has 6 nitrogen and oxygen atoms in total. The fraction of sp³-hybridized carbons (Fsp3) is 0.300. The van der Waals surface area contributed by atoms with E-state index in [1.165, 1.54) is 10.9 Å². The molecule has 7 heteroatoms. The zero-order valence-corrected chi connectivity index (χ0v) is 18.3. The molecule has 0 saturated carbocycles. The molecular formula is C20H25IN4O2. The average molecular weight is 480 g/mol. The van der Waals surface area contributed by atoms with Gasteiger partial charge in [0.1, 0.15) is 11.5 Å². The molecular weight excluding hydrogens is 455 g/mol. The monoisotopic (exact) mass is 480 g/mol. The van der Waals surface area contributed by atoms with Crippen molar-refractivity contribution in [2.75, 3.05) is 14.2 Å². The smallest absolute Gasteiger partial charge is 0.214 e. The third kappa shape index (κ3) is 5.35. The number of fused-ring (bicyclic) bond motifs is 1. The summed E-state index contributed by atoms with van der Waals surface area (Å²) < 4.78 is 10.8. The lowest BCUT2D eigenvalue weighted by Crippen LogP contribution is -2.36. The molecule has 2 aromatic carbocycles. The standard InChI is InChI=1S/C20H24N4O2.HI/c1-13-14(2)26-19(24-13)12-23-20(21-3)22-11-15-5-6-17-10-18(25-4)8-7-16(17)9-15;/h5-10H,11-12H2,1-4H3,(H2,21,22,23);1H. The lowest BCUT2D eigenvalue weighted by molar-refractivity contribution is 0.415. The number of ether oxygens (including phenoxy) is 1. The van der Waals surface area contributed by atoms with Gasteiger partial charge in [0.15, 0.2) is 5.96 Å². The average Bonchev–Trinajstić information content (AvgIpc) is 2.99. The first-order valence-electron chi connectivity index (χ1n) is 8.53. The zero-order chi connectivity index (χ0) is 18.5. The summed E-state index contributed by atoms with van der Waals surface area (Å²) in [6.07, 6.45) is 0. The third-order valence-corrected chi connectivity index (χ3v) is 4.28. The van der Waals surface area contributed by atoms with Crippen LogP contribution in [0.5, 0.6) is 5.75 Å². The minimum absolute atomic E-state index is 0. The van der Waals surface area contributed by atoms with E-state index >= 15 is 0 Å². The van der Waals surface area contributed by atoms with E-state index in [0.29, 0.717) is 24.9 Å². The Labute approximate surface area is 176 Å². The number of aliphatic imine (C=N–C) groups is 1. The van der Waals surface area contributed by atoms with Crippen LogP contribution in [-0.2, 0) is 13.1 Å². The summed E-state index contributed by atoms with van der Waals surface area (Å²) in [6.45, 7) is 5.01. The van der Waals surface area contributed by atoms with Gasteiger partial charge < -0.3 is 19.8 Å². The Kier molecular flexibility index (Phi) is 7.46. The summed E-state index contributed by atoms with van der Waals surface area (Å²) in [5.41, 5.74) is 2.09. The molecule has 1 aromatic heterocycles. The maximum absolute atomic E-state index is 5.57. The van der Waals surface area contributed by atoms with Gasteiger partial charge in [-0.3, -0.25) is 4.99 Å². The molecule has 0 spiro atoms. The number of rotatable bonds is 5. The maximum Gasteiger partial charge on any atom is 0.214 e. The lowest BCUT2D eigenvalue weighted by Gasteiger charge is -2.11. The molecule has 1 heterocycles. The Morgan fingerprint density at radius 3 is 2.44 bits per heavy atom. The van der Waals surface area contributed by atoms with Gasteiger partial charge in [0.25, 0.3) is 0 Å². The third-order valence-electron chi connectivity index (χ3n) is 4.28. The molecule has 0 unspecified atom stereocenters. The van der Waals surface area contributed by atoms with Crippen LogP contribution in [0.3, 0.4) is 0 Å². The van der Waals surface area contributed by atoms with E-state index in [-0.39, 0.29) is 24.0 Å². The van der Waals surface area contributed by atoms with Crippen LogP contribution < -0.4 is 15.4 Å². The van der Waals surface area contributed by atoms with Crippen molar-refractivity contribution in [2.45, 2.75) is 26.9 Å². The topological polar surface area (TPSA) is 71.7 Å². The second-order valence-corrected chi connectivity index (χ2v) is 6.08. The molecule has 0 aliphatic carbocycles. The Bertz CT molecular complexity index is 917. The highest BCUT2D eigenvalue weighted by Gasteiger charge is 2.06. The van der Waals surface area contributed by atoms with Gasteiger partial charge in [-0.1, -0.05) is 18.2 Å². The number of halogens is 1. The molecule has 0 atom stereocenters. The van der Waals surface area contributed by atoms with Crippen LogP contribution >= 0.6 is 24.0 Å². The van der Waals surface area contributed by atoms with E-state index in [9.17, 15) is 0 Å². The number of nitrogens with one attached hydrogen (secondary N) is 2. The predicted molar refractivity (Wildman–Crippen MR) is 119 cm³/mol. The van der Waals surface area contributed by atoms with E-state index < -0.39 is 0 Å². The van der Waals surface area contributed by atoms with E-state index in [2.05, 4.69) is 44.9 Å². The van der Waals surface area contributed by atoms with Gasteiger partial charge in [-0.2, -0.15) is 0 Å². The first kappa shape index (κ1) is 21.0. The highest BCUT2D eigenvalue weighted by Crippen LogP contribution is 2.21. The first-order valence-corrected chi connectivity index (χ1v) is 8.53. The normalized spacial score (nSPS) is 11.2. The van der Waals surface area contributed by atoms with Crippen molar-refractivity contribution in [3.63, 3.8) is 0 Å². The van der Waals surface area contributed by atoms with Crippen LogP contribution in [0.4, 0.5) is 0 Å². The Morgan fingerprint density at radius 1 is 1.07 bits per heavy atom. The largest absolute Gasteiger partial charge is 0.497 e. The summed E-state index contributed by atoms with van der Waals surface area (Å²) >= 11 is 0. The van der Waals surface area contributed by atoms with Gasteiger partial charge in [0, 0.05) is 13.6 Å². The summed E-state index contributed by atoms with van der Waals surface area (Å²) in [6, 6.07) is 12.4. The molecule has 27 heavy (non-hydrogen) atoms. The van der Waals surface area contributed by atoms with Gasteiger partial charge >= 0.3 is 0 Å². The quantitative estimate of drug-likeness (QED) is 0.329. The van der Waals surface area contributed by atoms with Crippen molar-refractivity contribution in [3.8, 4) is 5.75 Å². The van der Waals surface area contributed by atoms with Crippen LogP contribution in [0.25, 0.3) is 10.8 Å². The fourth-order valence-corrected chi connectivity index (χ4v) is 2.69. The van der Waals surface area contributed by atoms with Crippen molar-refractivity contribution < 1.29 is 9.15 Å². The Balaban J connectivity index is 0.00000261. The number of aryl methyl sites for hydroxylation is 2. The van der Waals surface area contributed by atoms with Crippen LogP contribution in [0.1, 0.15) is 22.9 Å². The lowest BCUT2D eigenvalue weighted by atomic mass is 10.1. The van der Waals surface area contributed by atoms with Crippen molar-refractivity contribution in [3.05, 3.63) is 59.3 Å². The highest BCUT2D eigenvalue weighted by atomic mass is 127. The number of aromatic nitrogens is 1. The maximum atomic E-state index is 5.57. The number of oxazole rings is 1. The predicted octanol–water partition coefficient (Wildman–Crippen LogP) is 3.94. The van der Waals surface area contributed by atoms with Crippen LogP contribution in [0.15, 0.2) is 45.8 Å². The number of hydrogen-bond acceptors (Lipinski definition) is 4. The molecule has 0 radical (unpaired) electrons. The molecule has 0 amide bonds. The molecule has 0 aliphatic heterocycles.